The van der Waals surface area contributed by atoms with Gasteiger partial charge in [0.1, 0.15) is 12.2 Å². The van der Waals surface area contributed by atoms with E-state index in [2.05, 4.69) is 15.6 Å². The molecular formula is C24H30F5N3O3S. The molecule has 3 rings (SSSR count). The molecule has 0 aliphatic carbocycles. The van der Waals surface area contributed by atoms with E-state index >= 15 is 0 Å². The Morgan fingerprint density at radius 2 is 1.89 bits per heavy atom. The molecule has 5 atom stereocenters. The number of ether oxygens (including phenoxy) is 1. The molecule has 3 N–H and O–H groups in total. The number of nitrogens with zero attached hydrogens (tertiary/aromatic N) is 1. The number of aryl methyl sites for hydroxylation is 1. The van der Waals surface area contributed by atoms with Gasteiger partial charge in [0.15, 0.2) is 17.2 Å². The number of aliphatic hydroxyl groups is 1. The number of thiophene rings is 1. The lowest BCUT2D eigenvalue weighted by Gasteiger charge is -2.31. The van der Waals surface area contributed by atoms with Crippen molar-refractivity contribution in [2.75, 3.05) is 11.9 Å². The lowest BCUT2D eigenvalue weighted by molar-refractivity contribution is -0.272. The smallest absolute Gasteiger partial charge is 0.385 e. The molecule has 0 unspecified atom stereocenters. The standard InChI is InChI=1S/C24H30F5N3O3S/c1-11-16(20-18(26)17(25)12(2)36-20)19(35-23(11,6)24(27,28)29)21(34)32-13-7-8-14(30-9-13)15(33)10-31-22(3,4)5/h7-9,11,15-16,19,31,33H,10H2,1-6H3,(H,32,34)/t11-,15+,16-,19+,23+/m0/s1. The van der Waals surface area contributed by atoms with Crippen LogP contribution in [-0.2, 0) is 9.53 Å². The molecule has 0 saturated carbocycles. The first kappa shape index (κ1) is 28.4. The van der Waals surface area contributed by atoms with Crippen LogP contribution in [0, 0.1) is 24.5 Å². The summed E-state index contributed by atoms with van der Waals surface area (Å²) in [4.78, 5) is 16.9. The van der Waals surface area contributed by atoms with Crippen molar-refractivity contribution in [2.24, 2.45) is 5.92 Å². The highest BCUT2D eigenvalue weighted by molar-refractivity contribution is 7.12. The fraction of sp³-hybridized carbons (Fsp3) is 0.583. The molecule has 0 radical (unpaired) electrons. The molecule has 3 heterocycles. The number of carbonyl (C=O) groups excluding carboxylic acids is 1. The predicted octanol–water partition coefficient (Wildman–Crippen LogP) is 5.23. The first-order valence-electron chi connectivity index (χ1n) is 11.3. The van der Waals surface area contributed by atoms with Crippen molar-refractivity contribution >= 4 is 22.9 Å². The highest BCUT2D eigenvalue weighted by Gasteiger charge is 2.66. The second-order valence-electron chi connectivity index (χ2n) is 10.2. The summed E-state index contributed by atoms with van der Waals surface area (Å²) in [5.74, 6) is -6.13. The van der Waals surface area contributed by atoms with Gasteiger partial charge in [-0.15, -0.1) is 11.3 Å². The van der Waals surface area contributed by atoms with Gasteiger partial charge < -0.3 is 20.5 Å². The summed E-state index contributed by atoms with van der Waals surface area (Å²) in [6, 6.07) is 2.91. The molecule has 1 saturated heterocycles. The van der Waals surface area contributed by atoms with Crippen molar-refractivity contribution < 1.29 is 36.6 Å². The Hall–Kier alpha value is -2.15. The number of amides is 1. The van der Waals surface area contributed by atoms with Gasteiger partial charge in [0.05, 0.1) is 22.5 Å². The van der Waals surface area contributed by atoms with E-state index in [1.165, 1.54) is 32.2 Å². The maximum absolute atomic E-state index is 14.6. The van der Waals surface area contributed by atoms with E-state index in [1.807, 2.05) is 20.8 Å². The number of hydrogen-bond donors (Lipinski definition) is 3. The normalized spacial score (nSPS) is 25.7. The van der Waals surface area contributed by atoms with E-state index in [9.17, 15) is 31.9 Å². The minimum atomic E-state index is -4.86. The van der Waals surface area contributed by atoms with E-state index in [0.29, 0.717) is 17.0 Å². The zero-order valence-corrected chi connectivity index (χ0v) is 21.6. The van der Waals surface area contributed by atoms with Crippen molar-refractivity contribution in [1.29, 1.82) is 0 Å². The third-order valence-electron chi connectivity index (χ3n) is 6.43. The number of nitrogens with one attached hydrogen (secondary N) is 2. The minimum absolute atomic E-state index is 0.0335. The maximum atomic E-state index is 14.6. The van der Waals surface area contributed by atoms with Crippen molar-refractivity contribution in [3.63, 3.8) is 0 Å². The Labute approximate surface area is 210 Å². The number of aromatic nitrogens is 1. The van der Waals surface area contributed by atoms with Crippen LogP contribution in [0.5, 0.6) is 0 Å². The molecule has 2 aromatic heterocycles. The molecule has 0 bridgehead atoms. The van der Waals surface area contributed by atoms with Gasteiger partial charge in [-0.25, -0.2) is 8.78 Å². The van der Waals surface area contributed by atoms with Crippen LogP contribution in [0.25, 0.3) is 0 Å². The van der Waals surface area contributed by atoms with Gasteiger partial charge in [0.25, 0.3) is 5.91 Å². The number of halogens is 5. The molecular weight excluding hydrogens is 505 g/mol. The Balaban J connectivity index is 1.85. The number of anilines is 1. The van der Waals surface area contributed by atoms with E-state index in [4.69, 9.17) is 4.74 Å². The summed E-state index contributed by atoms with van der Waals surface area (Å²) in [7, 11) is 0. The number of alkyl halides is 3. The summed E-state index contributed by atoms with van der Waals surface area (Å²) in [5.41, 5.74) is -2.51. The highest BCUT2D eigenvalue weighted by atomic mass is 32.1. The number of β-amino-alcohol motifs (C(OH)–C–C–N with tert-alkyl or cyclic N) is 1. The van der Waals surface area contributed by atoms with E-state index in [1.54, 1.807) is 0 Å². The number of pyridine rings is 1. The molecule has 1 aliphatic heterocycles. The fourth-order valence-electron chi connectivity index (χ4n) is 4.08. The molecule has 1 aliphatic rings. The summed E-state index contributed by atoms with van der Waals surface area (Å²) < 4.78 is 75.8. The lowest BCUT2D eigenvalue weighted by Crippen LogP contribution is -2.47. The van der Waals surface area contributed by atoms with Crippen LogP contribution in [0.15, 0.2) is 18.3 Å². The molecule has 200 valence electrons. The van der Waals surface area contributed by atoms with Crippen LogP contribution in [0.4, 0.5) is 27.6 Å². The van der Waals surface area contributed by atoms with Crippen molar-refractivity contribution in [3.8, 4) is 0 Å². The van der Waals surface area contributed by atoms with Gasteiger partial charge in [-0.2, -0.15) is 13.2 Å². The fourth-order valence-corrected chi connectivity index (χ4v) is 5.24. The molecule has 0 aromatic carbocycles. The average molecular weight is 536 g/mol. The first-order valence-corrected chi connectivity index (χ1v) is 12.2. The number of hydrogen-bond acceptors (Lipinski definition) is 6. The second kappa shape index (κ2) is 9.96. The molecule has 1 fully saturated rings. The maximum Gasteiger partial charge on any atom is 0.417 e. The summed E-state index contributed by atoms with van der Waals surface area (Å²) in [6.45, 7) is 9.36. The molecule has 6 nitrogen and oxygen atoms in total. The summed E-state index contributed by atoms with van der Waals surface area (Å²) in [5, 5.41) is 15.9. The SMILES string of the molecule is Cc1sc([C@@H]2[C@H](C(=O)Nc3ccc([C@H](O)CNC(C)(C)C)nc3)O[C@@](C)(C(F)(F)F)[C@H]2C)c(F)c1F. The van der Waals surface area contributed by atoms with Crippen LogP contribution in [0.2, 0.25) is 0 Å². The Morgan fingerprint density at radius 3 is 2.36 bits per heavy atom. The zero-order chi connectivity index (χ0) is 27.2. The largest absolute Gasteiger partial charge is 0.417 e. The monoisotopic (exact) mass is 535 g/mol. The first-order chi connectivity index (χ1) is 16.5. The van der Waals surface area contributed by atoms with E-state index in [-0.39, 0.29) is 27.5 Å². The van der Waals surface area contributed by atoms with Crippen molar-refractivity contribution in [1.82, 2.24) is 10.3 Å². The van der Waals surface area contributed by atoms with Crippen LogP contribution in [0.3, 0.4) is 0 Å². The second-order valence-corrected chi connectivity index (χ2v) is 11.5. The lowest BCUT2D eigenvalue weighted by atomic mass is 9.80. The summed E-state index contributed by atoms with van der Waals surface area (Å²) in [6.07, 6.45) is -6.27. The Bertz CT molecular complexity index is 1100. The van der Waals surface area contributed by atoms with Crippen molar-refractivity contribution in [3.05, 3.63) is 45.4 Å². The average Bonchev–Trinajstić information content (AvgIpc) is 3.19. The summed E-state index contributed by atoms with van der Waals surface area (Å²) >= 11 is 0.669. The van der Waals surface area contributed by atoms with Gasteiger partial charge >= 0.3 is 6.18 Å². The Morgan fingerprint density at radius 1 is 1.25 bits per heavy atom. The number of rotatable bonds is 6. The molecule has 36 heavy (non-hydrogen) atoms. The molecule has 2 aromatic rings. The van der Waals surface area contributed by atoms with Gasteiger partial charge in [-0.1, -0.05) is 6.92 Å². The van der Waals surface area contributed by atoms with Crippen LogP contribution in [-0.4, -0.2) is 46.0 Å². The molecule has 0 spiro atoms. The minimum Gasteiger partial charge on any atom is -0.385 e. The van der Waals surface area contributed by atoms with Crippen molar-refractivity contribution in [2.45, 2.75) is 77.0 Å². The van der Waals surface area contributed by atoms with E-state index in [0.717, 1.165) is 6.92 Å². The quantitative estimate of drug-likeness (QED) is 0.442. The van der Waals surface area contributed by atoms with Crippen LogP contribution in [0.1, 0.15) is 62.1 Å². The third kappa shape index (κ3) is 5.56. The van der Waals surface area contributed by atoms with Gasteiger partial charge in [0.2, 0.25) is 0 Å². The van der Waals surface area contributed by atoms with Gasteiger partial charge in [-0.05, 0) is 46.8 Å². The van der Waals surface area contributed by atoms with E-state index < -0.39 is 53.4 Å². The third-order valence-corrected chi connectivity index (χ3v) is 7.59. The highest BCUT2D eigenvalue weighted by Crippen LogP contribution is 2.55. The molecule has 1 amide bonds. The topological polar surface area (TPSA) is 83.5 Å². The zero-order valence-electron chi connectivity index (χ0n) is 20.8. The predicted molar refractivity (Wildman–Crippen MR) is 126 cm³/mol. The van der Waals surface area contributed by atoms with Gasteiger partial charge in [0, 0.05) is 28.8 Å². The number of aliphatic hydroxyl groups excluding tert-OH is 1. The number of carbonyl (C=O) groups is 1. The van der Waals surface area contributed by atoms with Crippen LogP contribution >= 0.6 is 11.3 Å². The Kier molecular flexibility index (Phi) is 7.86. The van der Waals surface area contributed by atoms with Crippen LogP contribution < -0.4 is 10.6 Å². The molecule has 12 heteroatoms. The van der Waals surface area contributed by atoms with Gasteiger partial charge in [-0.3, -0.25) is 9.78 Å².